The van der Waals surface area contributed by atoms with E-state index in [-0.39, 0.29) is 18.7 Å². The molecule has 0 unspecified atom stereocenters. The Bertz CT molecular complexity index is 729. The Hall–Kier alpha value is -2.38. The lowest BCUT2D eigenvalue weighted by atomic mass is 9.93. The molecule has 7 heteroatoms. The third-order valence-electron chi connectivity index (χ3n) is 4.38. The van der Waals surface area contributed by atoms with Crippen molar-refractivity contribution in [3.8, 4) is 0 Å². The molecule has 0 bridgehead atoms. The number of aliphatic hydroxyl groups is 1. The predicted molar refractivity (Wildman–Crippen MR) is 94.3 cm³/mol. The van der Waals surface area contributed by atoms with Crippen LogP contribution in [0.1, 0.15) is 35.7 Å². The molecule has 25 heavy (non-hydrogen) atoms. The highest BCUT2D eigenvalue weighted by molar-refractivity contribution is 5.89. The van der Waals surface area contributed by atoms with Crippen molar-refractivity contribution in [3.63, 3.8) is 0 Å². The molecule has 3 N–H and O–H groups in total. The summed E-state index contributed by atoms with van der Waals surface area (Å²) in [4.78, 5) is 12.4. The lowest BCUT2D eigenvalue weighted by Gasteiger charge is -2.24. The van der Waals surface area contributed by atoms with Gasteiger partial charge in [0.2, 0.25) is 0 Å². The van der Waals surface area contributed by atoms with E-state index in [9.17, 15) is 4.79 Å². The van der Waals surface area contributed by atoms with Gasteiger partial charge in [0.1, 0.15) is 0 Å². The van der Waals surface area contributed by atoms with Crippen LogP contribution in [0.3, 0.4) is 0 Å². The number of nitrogens with zero attached hydrogens (tertiary/aromatic N) is 2. The molecule has 1 aromatic carbocycles. The highest BCUT2D eigenvalue weighted by atomic mass is 16.5. The molecule has 0 radical (unpaired) electrons. The van der Waals surface area contributed by atoms with Crippen LogP contribution in [0.4, 0.5) is 10.5 Å². The molecular formula is C18H24N4O3. The number of hydrogen-bond acceptors (Lipinski definition) is 4. The van der Waals surface area contributed by atoms with E-state index in [0.29, 0.717) is 13.2 Å². The van der Waals surface area contributed by atoms with Gasteiger partial charge in [0.15, 0.2) is 0 Å². The number of nitrogens with one attached hydrogen (secondary N) is 2. The van der Waals surface area contributed by atoms with Gasteiger partial charge in [-0.1, -0.05) is 12.1 Å². The number of benzene rings is 1. The van der Waals surface area contributed by atoms with Gasteiger partial charge in [0.05, 0.1) is 32.0 Å². The van der Waals surface area contributed by atoms with Crippen LogP contribution in [0, 0.1) is 0 Å². The summed E-state index contributed by atoms with van der Waals surface area (Å²) >= 11 is 0. The number of fused-ring (bicyclic) bond motifs is 1. The van der Waals surface area contributed by atoms with Gasteiger partial charge in [-0.25, -0.2) is 4.79 Å². The maximum atomic E-state index is 12.4. The number of anilines is 1. The molecule has 0 fully saturated rings. The van der Waals surface area contributed by atoms with Crippen molar-refractivity contribution in [2.24, 2.45) is 0 Å². The van der Waals surface area contributed by atoms with E-state index in [0.717, 1.165) is 41.8 Å². The highest BCUT2D eigenvalue weighted by Gasteiger charge is 2.25. The molecule has 1 aliphatic carbocycles. The smallest absolute Gasteiger partial charge is 0.319 e. The van der Waals surface area contributed by atoms with E-state index in [4.69, 9.17) is 9.84 Å². The summed E-state index contributed by atoms with van der Waals surface area (Å²) in [5.74, 6) is 0. The topological polar surface area (TPSA) is 88.4 Å². The third-order valence-corrected chi connectivity index (χ3v) is 4.38. The number of hydrogen-bond donors (Lipinski definition) is 3. The van der Waals surface area contributed by atoms with Crippen molar-refractivity contribution >= 4 is 11.7 Å². The van der Waals surface area contributed by atoms with Crippen LogP contribution in [-0.2, 0) is 24.3 Å². The lowest BCUT2D eigenvalue weighted by Crippen LogP contribution is -2.34. The van der Waals surface area contributed by atoms with E-state index >= 15 is 0 Å². The fraction of sp³-hybridized carbons (Fsp3) is 0.444. The zero-order chi connectivity index (χ0) is 17.6. The molecule has 1 heterocycles. The molecule has 1 atom stereocenters. The van der Waals surface area contributed by atoms with E-state index in [1.807, 2.05) is 28.9 Å². The quantitative estimate of drug-likeness (QED) is 0.750. The molecule has 0 spiro atoms. The maximum absolute atomic E-state index is 12.4. The highest BCUT2D eigenvalue weighted by Crippen LogP contribution is 2.29. The number of aromatic nitrogens is 2. The Labute approximate surface area is 147 Å². The largest absolute Gasteiger partial charge is 0.394 e. The van der Waals surface area contributed by atoms with Gasteiger partial charge in [-0.15, -0.1) is 0 Å². The second kappa shape index (κ2) is 8.13. The monoisotopic (exact) mass is 344 g/mol. The van der Waals surface area contributed by atoms with Crippen LogP contribution in [-0.4, -0.2) is 34.6 Å². The van der Waals surface area contributed by atoms with Crippen molar-refractivity contribution in [3.05, 3.63) is 47.3 Å². The number of ether oxygens (including phenoxy) is 1. The van der Waals surface area contributed by atoms with E-state index < -0.39 is 0 Å². The second-order valence-corrected chi connectivity index (χ2v) is 6.17. The first-order chi connectivity index (χ1) is 12.2. The van der Waals surface area contributed by atoms with Crippen LogP contribution >= 0.6 is 0 Å². The average molecular weight is 344 g/mol. The number of urea groups is 1. The maximum Gasteiger partial charge on any atom is 0.319 e. The minimum absolute atomic E-state index is 0.0571. The number of amides is 2. The Morgan fingerprint density at radius 2 is 2.36 bits per heavy atom. The summed E-state index contributed by atoms with van der Waals surface area (Å²) in [5, 5.41) is 19.4. The van der Waals surface area contributed by atoms with E-state index in [2.05, 4.69) is 15.7 Å². The average Bonchev–Trinajstić information content (AvgIpc) is 3.00. The predicted octanol–water partition coefficient (Wildman–Crippen LogP) is 2.22. The molecule has 2 aromatic rings. The van der Waals surface area contributed by atoms with Crippen LogP contribution < -0.4 is 10.6 Å². The number of carbonyl (C=O) groups excluding carboxylic acids is 1. The van der Waals surface area contributed by atoms with Crippen molar-refractivity contribution in [1.82, 2.24) is 15.1 Å². The van der Waals surface area contributed by atoms with Gasteiger partial charge < -0.3 is 20.5 Å². The van der Waals surface area contributed by atoms with Crippen molar-refractivity contribution in [1.29, 1.82) is 0 Å². The van der Waals surface area contributed by atoms with Gasteiger partial charge >= 0.3 is 6.03 Å². The molecule has 0 aliphatic heterocycles. The van der Waals surface area contributed by atoms with Gasteiger partial charge in [0, 0.05) is 24.1 Å². The first-order valence-corrected chi connectivity index (χ1v) is 8.52. The first kappa shape index (κ1) is 17.4. The number of rotatable bonds is 6. The first-order valence-electron chi connectivity index (χ1n) is 8.52. The lowest BCUT2D eigenvalue weighted by molar-refractivity contribution is 0.185. The zero-order valence-electron chi connectivity index (χ0n) is 14.4. The summed E-state index contributed by atoms with van der Waals surface area (Å²) in [5.41, 5.74) is 3.89. The minimum Gasteiger partial charge on any atom is -0.394 e. The molecule has 3 rings (SSSR count). The van der Waals surface area contributed by atoms with Crippen LogP contribution in [0.5, 0.6) is 0 Å². The Balaban J connectivity index is 1.65. The summed E-state index contributed by atoms with van der Waals surface area (Å²) < 4.78 is 6.94. The third kappa shape index (κ3) is 4.18. The number of methoxy groups -OCH3 is 1. The fourth-order valence-corrected chi connectivity index (χ4v) is 3.29. The minimum atomic E-state index is -0.234. The number of carbonyl (C=O) groups is 1. The molecule has 0 saturated heterocycles. The number of aliphatic hydroxyl groups excluding tert-OH is 1. The van der Waals surface area contributed by atoms with Crippen molar-refractivity contribution in [2.75, 3.05) is 19.0 Å². The molecule has 0 saturated carbocycles. The Kier molecular flexibility index (Phi) is 5.67. The molecule has 7 nitrogen and oxygen atoms in total. The van der Waals surface area contributed by atoms with Crippen LogP contribution in [0.25, 0.3) is 0 Å². The molecule has 1 aromatic heterocycles. The van der Waals surface area contributed by atoms with Crippen LogP contribution in [0.2, 0.25) is 0 Å². The van der Waals surface area contributed by atoms with Gasteiger partial charge in [-0.2, -0.15) is 5.10 Å². The second-order valence-electron chi connectivity index (χ2n) is 6.17. The van der Waals surface area contributed by atoms with E-state index in [1.54, 1.807) is 13.3 Å². The standard InChI is InChI=1S/C18H24N4O3/c1-25-12-13-4-2-5-14(10-13)20-18(24)21-16-6-3-7-17-15(16)11-19-22(17)8-9-23/h2,4-5,10-11,16,23H,3,6-9,12H2,1H3,(H2,20,21,24)/t16-/m1/s1. The van der Waals surface area contributed by atoms with Crippen molar-refractivity contribution < 1.29 is 14.6 Å². The molecule has 2 amide bonds. The fourth-order valence-electron chi connectivity index (χ4n) is 3.29. The normalized spacial score (nSPS) is 16.3. The molecule has 134 valence electrons. The summed E-state index contributed by atoms with van der Waals surface area (Å²) in [6.07, 6.45) is 4.59. The summed E-state index contributed by atoms with van der Waals surface area (Å²) in [6.45, 7) is 1.05. The van der Waals surface area contributed by atoms with Gasteiger partial charge in [-0.05, 0) is 37.0 Å². The van der Waals surface area contributed by atoms with Gasteiger partial charge in [0.25, 0.3) is 0 Å². The zero-order valence-corrected chi connectivity index (χ0v) is 14.4. The summed E-state index contributed by atoms with van der Waals surface area (Å²) in [6, 6.07) is 7.30. The van der Waals surface area contributed by atoms with E-state index in [1.165, 1.54) is 0 Å². The van der Waals surface area contributed by atoms with Gasteiger partial charge in [-0.3, -0.25) is 4.68 Å². The van der Waals surface area contributed by atoms with Crippen LogP contribution in [0.15, 0.2) is 30.5 Å². The Morgan fingerprint density at radius 1 is 1.48 bits per heavy atom. The Morgan fingerprint density at radius 3 is 3.16 bits per heavy atom. The molecular weight excluding hydrogens is 320 g/mol. The van der Waals surface area contributed by atoms with Crippen molar-refractivity contribution in [2.45, 2.75) is 38.5 Å². The summed E-state index contributed by atoms with van der Waals surface area (Å²) in [7, 11) is 1.64. The SMILES string of the molecule is COCc1cccc(NC(=O)N[C@@H]2CCCc3c2cnn3CCO)c1. The molecule has 1 aliphatic rings.